The monoisotopic (exact) mass is 548 g/mol. The molecule has 39 heavy (non-hydrogen) atoms. The normalized spacial score (nSPS) is 19.9. The smallest absolute Gasteiger partial charge is 0.168 e. The van der Waals surface area contributed by atoms with Crippen LogP contribution in [0, 0.1) is 0 Å². The first-order chi connectivity index (χ1) is 19.1. The van der Waals surface area contributed by atoms with Crippen molar-refractivity contribution in [3.05, 3.63) is 24.3 Å². The van der Waals surface area contributed by atoms with Crippen molar-refractivity contribution < 1.29 is 9.47 Å². The van der Waals surface area contributed by atoms with E-state index < -0.39 is 0 Å². The van der Waals surface area contributed by atoms with Gasteiger partial charge in [0.2, 0.25) is 0 Å². The first-order valence-electron chi connectivity index (χ1n) is 17.4. The van der Waals surface area contributed by atoms with E-state index in [1.54, 1.807) is 0 Å². The Morgan fingerprint density at radius 1 is 0.564 bits per heavy atom. The van der Waals surface area contributed by atoms with Crippen molar-refractivity contribution in [2.24, 2.45) is 0 Å². The predicted octanol–water partition coefficient (Wildman–Crippen LogP) is 11.2. The Morgan fingerprint density at radius 3 is 1.49 bits per heavy atom. The maximum Gasteiger partial charge on any atom is 0.168 e. The van der Waals surface area contributed by atoms with Crippen molar-refractivity contribution in [3.8, 4) is 0 Å². The molecule has 2 atom stereocenters. The molecule has 0 spiro atoms. The van der Waals surface area contributed by atoms with Crippen LogP contribution in [-0.2, 0) is 9.47 Å². The number of hydrogen-bond donors (Lipinski definition) is 0. The molecule has 0 N–H and O–H groups in total. The van der Waals surface area contributed by atoms with Crippen molar-refractivity contribution in [3.63, 3.8) is 0 Å². The Hall–Kier alpha value is -0.640. The fourth-order valence-corrected chi connectivity index (χ4v) is 5.73. The van der Waals surface area contributed by atoms with E-state index in [9.17, 15) is 0 Å². The molecule has 0 aliphatic carbocycles. The van der Waals surface area contributed by atoms with Crippen LogP contribution in [0.2, 0.25) is 0 Å². The number of nitrogens with zero attached hydrogens (tertiary/aromatic N) is 1. The molecular weight excluding hydrogens is 478 g/mol. The summed E-state index contributed by atoms with van der Waals surface area (Å²) in [5.41, 5.74) is 0. The van der Waals surface area contributed by atoms with E-state index in [2.05, 4.69) is 57.1 Å². The molecule has 1 rings (SSSR count). The third-order valence-corrected chi connectivity index (χ3v) is 8.10. The quantitative estimate of drug-likeness (QED) is 0.0718. The molecule has 1 heterocycles. The highest BCUT2D eigenvalue weighted by Gasteiger charge is 2.40. The van der Waals surface area contributed by atoms with E-state index in [-0.39, 0.29) is 11.9 Å². The summed E-state index contributed by atoms with van der Waals surface area (Å²) < 4.78 is 12.9. The molecule has 0 aromatic carbocycles. The molecule has 0 radical (unpaired) electrons. The summed E-state index contributed by atoms with van der Waals surface area (Å²) in [4.78, 5) is 2.22. The molecule has 1 unspecified atom stereocenters. The van der Waals surface area contributed by atoms with Gasteiger partial charge in [0, 0.05) is 19.4 Å². The van der Waals surface area contributed by atoms with Gasteiger partial charge in [-0.3, -0.25) is 0 Å². The first kappa shape index (κ1) is 36.4. The van der Waals surface area contributed by atoms with Crippen LogP contribution in [0.1, 0.15) is 168 Å². The third-order valence-electron chi connectivity index (χ3n) is 8.10. The standard InChI is InChI=1S/C36H69NO2/c1-5-7-9-11-13-15-16-17-18-19-20-21-22-23-24-26-28-30-32-36(38-34-35(39-36)33-37(3)4)31-29-27-25-14-12-10-8-6-2/h10,12,19-20,35H,5-9,11,13-18,21-34H2,1-4H3/b12-10+,20-19-/t35?,36-/m1/s1. The average Bonchev–Trinajstić information content (AvgIpc) is 3.31. The molecule has 1 saturated heterocycles. The van der Waals surface area contributed by atoms with Crippen LogP contribution in [0.15, 0.2) is 24.3 Å². The molecule has 1 fully saturated rings. The second-order valence-corrected chi connectivity index (χ2v) is 12.5. The van der Waals surface area contributed by atoms with E-state index in [0.29, 0.717) is 0 Å². The summed E-state index contributed by atoms with van der Waals surface area (Å²) in [6.45, 7) is 6.25. The van der Waals surface area contributed by atoms with E-state index in [0.717, 1.165) is 26.0 Å². The number of unbranched alkanes of at least 4 members (excludes halogenated alkanes) is 18. The van der Waals surface area contributed by atoms with Crippen LogP contribution in [0.4, 0.5) is 0 Å². The van der Waals surface area contributed by atoms with Crippen LogP contribution < -0.4 is 0 Å². The molecule has 0 saturated carbocycles. The highest BCUT2D eigenvalue weighted by molar-refractivity contribution is 4.83. The Bertz CT molecular complexity index is 572. The van der Waals surface area contributed by atoms with Gasteiger partial charge in [-0.2, -0.15) is 0 Å². The summed E-state index contributed by atoms with van der Waals surface area (Å²) in [7, 11) is 4.25. The molecule has 0 aromatic heterocycles. The molecule has 230 valence electrons. The summed E-state index contributed by atoms with van der Waals surface area (Å²) in [6, 6.07) is 0. The Morgan fingerprint density at radius 2 is 1.00 bits per heavy atom. The lowest BCUT2D eigenvalue weighted by Gasteiger charge is -2.29. The fourth-order valence-electron chi connectivity index (χ4n) is 5.73. The lowest BCUT2D eigenvalue weighted by Crippen LogP contribution is -2.33. The third kappa shape index (κ3) is 21.7. The van der Waals surface area contributed by atoms with Crippen molar-refractivity contribution in [2.45, 2.75) is 180 Å². The van der Waals surface area contributed by atoms with Crippen molar-refractivity contribution in [1.82, 2.24) is 4.90 Å². The maximum absolute atomic E-state index is 6.57. The van der Waals surface area contributed by atoms with E-state index in [1.165, 1.54) is 141 Å². The summed E-state index contributed by atoms with van der Waals surface area (Å²) in [5.74, 6) is -0.321. The average molecular weight is 548 g/mol. The van der Waals surface area contributed by atoms with Gasteiger partial charge in [-0.05, 0) is 71.9 Å². The van der Waals surface area contributed by atoms with Gasteiger partial charge >= 0.3 is 0 Å². The van der Waals surface area contributed by atoms with Gasteiger partial charge in [-0.15, -0.1) is 0 Å². The Kier molecular flexibility index (Phi) is 24.5. The fraction of sp³-hybridized carbons (Fsp3) is 0.889. The van der Waals surface area contributed by atoms with Crippen LogP contribution in [0.25, 0.3) is 0 Å². The van der Waals surface area contributed by atoms with E-state index in [1.807, 2.05) is 0 Å². The zero-order valence-corrected chi connectivity index (χ0v) is 27.0. The van der Waals surface area contributed by atoms with Crippen LogP contribution in [0.5, 0.6) is 0 Å². The van der Waals surface area contributed by atoms with Crippen molar-refractivity contribution in [2.75, 3.05) is 27.2 Å². The second kappa shape index (κ2) is 26.3. The first-order valence-corrected chi connectivity index (χ1v) is 17.4. The molecule has 1 aliphatic rings. The number of ether oxygens (including phenoxy) is 2. The minimum absolute atomic E-state index is 0.223. The van der Waals surface area contributed by atoms with Gasteiger partial charge in [-0.25, -0.2) is 0 Å². The Labute approximate surface area is 245 Å². The summed E-state index contributed by atoms with van der Waals surface area (Å²) >= 11 is 0. The number of likely N-dealkylation sites (N-methyl/N-ethyl adjacent to an activating group) is 1. The largest absolute Gasteiger partial charge is 0.347 e. The van der Waals surface area contributed by atoms with Crippen molar-refractivity contribution in [1.29, 1.82) is 0 Å². The SMILES string of the molecule is CCC/C=C/CCCCC[C@@]1(CCCCCCCC/C=C\CCCCCCCCCC)OCC(CN(C)C)O1. The number of hydrogen-bond acceptors (Lipinski definition) is 3. The second-order valence-electron chi connectivity index (χ2n) is 12.5. The van der Waals surface area contributed by atoms with Crippen molar-refractivity contribution >= 4 is 0 Å². The van der Waals surface area contributed by atoms with Crippen LogP contribution >= 0.6 is 0 Å². The van der Waals surface area contributed by atoms with Gasteiger partial charge in [0.15, 0.2) is 5.79 Å². The van der Waals surface area contributed by atoms with Gasteiger partial charge < -0.3 is 14.4 Å². The highest BCUT2D eigenvalue weighted by Crippen LogP contribution is 2.35. The van der Waals surface area contributed by atoms with Gasteiger partial charge in [0.1, 0.15) is 0 Å². The lowest BCUT2D eigenvalue weighted by atomic mass is 9.99. The van der Waals surface area contributed by atoms with Crippen LogP contribution in [0.3, 0.4) is 0 Å². The van der Waals surface area contributed by atoms with Crippen LogP contribution in [-0.4, -0.2) is 44.0 Å². The molecule has 3 heteroatoms. The van der Waals surface area contributed by atoms with Gasteiger partial charge in [0.05, 0.1) is 12.7 Å². The zero-order valence-electron chi connectivity index (χ0n) is 27.0. The Balaban J connectivity index is 2.09. The number of rotatable bonds is 28. The lowest BCUT2D eigenvalue weighted by molar-refractivity contribution is -0.180. The van der Waals surface area contributed by atoms with Gasteiger partial charge in [-0.1, -0.05) is 122 Å². The molecule has 0 aromatic rings. The highest BCUT2D eigenvalue weighted by atomic mass is 16.7. The predicted molar refractivity (Wildman–Crippen MR) is 173 cm³/mol. The van der Waals surface area contributed by atoms with E-state index in [4.69, 9.17) is 9.47 Å². The zero-order chi connectivity index (χ0) is 28.3. The molecule has 0 amide bonds. The topological polar surface area (TPSA) is 21.7 Å². The summed E-state index contributed by atoms with van der Waals surface area (Å²) in [6.07, 6.45) is 41.2. The maximum atomic E-state index is 6.57. The molecule has 3 nitrogen and oxygen atoms in total. The minimum atomic E-state index is -0.321. The molecular formula is C36H69NO2. The summed E-state index contributed by atoms with van der Waals surface area (Å²) in [5, 5.41) is 0. The molecule has 0 bridgehead atoms. The number of allylic oxidation sites excluding steroid dienone is 4. The van der Waals surface area contributed by atoms with Gasteiger partial charge in [0.25, 0.3) is 0 Å². The van der Waals surface area contributed by atoms with E-state index >= 15 is 0 Å². The molecule has 1 aliphatic heterocycles. The minimum Gasteiger partial charge on any atom is -0.347 e.